The number of rotatable bonds is 13. The van der Waals surface area contributed by atoms with E-state index in [0.717, 1.165) is 42.4 Å². The van der Waals surface area contributed by atoms with Crippen molar-refractivity contribution in [3.05, 3.63) is 54.1 Å². The van der Waals surface area contributed by atoms with Crippen molar-refractivity contribution in [3.8, 4) is 17.2 Å². The molecular formula is C22H29NO4S. The minimum absolute atomic E-state index is 0.0518. The summed E-state index contributed by atoms with van der Waals surface area (Å²) < 4.78 is 16.4. The first-order valence-corrected chi connectivity index (χ1v) is 10.7. The Morgan fingerprint density at radius 3 is 2.14 bits per heavy atom. The second kappa shape index (κ2) is 12.9. The molecule has 0 aliphatic heterocycles. The average molecular weight is 404 g/mol. The van der Waals surface area contributed by atoms with Crippen molar-refractivity contribution < 1.29 is 19.0 Å². The first kappa shape index (κ1) is 22.0. The van der Waals surface area contributed by atoms with Gasteiger partial charge in [-0.1, -0.05) is 19.1 Å². The zero-order valence-corrected chi connectivity index (χ0v) is 17.4. The molecule has 0 fully saturated rings. The molecule has 0 unspecified atom stereocenters. The van der Waals surface area contributed by atoms with Crippen LogP contribution < -0.4 is 19.5 Å². The molecule has 0 saturated heterocycles. The Hall–Kier alpha value is -2.34. The highest BCUT2D eigenvalue weighted by Crippen LogP contribution is 2.18. The number of benzene rings is 2. The number of nitrogens with one attached hydrogen (secondary N) is 1. The lowest BCUT2D eigenvalue weighted by atomic mass is 10.1. The Balaban J connectivity index is 1.52. The van der Waals surface area contributed by atoms with E-state index in [1.165, 1.54) is 5.56 Å². The Morgan fingerprint density at radius 1 is 0.929 bits per heavy atom. The molecule has 5 nitrogen and oxygen atoms in total. The van der Waals surface area contributed by atoms with Gasteiger partial charge >= 0.3 is 0 Å². The summed E-state index contributed by atoms with van der Waals surface area (Å²) in [5, 5.41) is 2.95. The smallest absolute Gasteiger partial charge is 0.230 e. The molecular weight excluding hydrogens is 374 g/mol. The number of methoxy groups -OCH3 is 1. The summed E-state index contributed by atoms with van der Waals surface area (Å²) in [7, 11) is 1.65. The Kier molecular flexibility index (Phi) is 10.1. The molecule has 1 N–H and O–H groups in total. The Bertz CT molecular complexity index is 689. The highest BCUT2D eigenvalue weighted by Gasteiger charge is 2.02. The Morgan fingerprint density at radius 2 is 1.54 bits per heavy atom. The minimum Gasteiger partial charge on any atom is -0.497 e. The van der Waals surface area contributed by atoms with Crippen molar-refractivity contribution >= 4 is 17.7 Å². The van der Waals surface area contributed by atoms with Crippen LogP contribution in [0, 0.1) is 0 Å². The second-order valence-corrected chi connectivity index (χ2v) is 7.27. The van der Waals surface area contributed by atoms with Crippen molar-refractivity contribution in [1.82, 2.24) is 5.32 Å². The fourth-order valence-corrected chi connectivity index (χ4v) is 3.06. The van der Waals surface area contributed by atoms with Crippen LogP contribution in [0.25, 0.3) is 0 Å². The van der Waals surface area contributed by atoms with E-state index in [1.54, 1.807) is 18.9 Å². The first-order valence-electron chi connectivity index (χ1n) is 9.54. The molecule has 1 amide bonds. The van der Waals surface area contributed by atoms with Gasteiger partial charge in [0.2, 0.25) is 5.91 Å². The zero-order chi connectivity index (χ0) is 20.0. The average Bonchev–Trinajstić information content (AvgIpc) is 2.73. The van der Waals surface area contributed by atoms with Gasteiger partial charge in [-0.2, -0.15) is 0 Å². The zero-order valence-electron chi connectivity index (χ0n) is 16.6. The number of ether oxygens (including phenoxy) is 3. The maximum Gasteiger partial charge on any atom is 0.230 e. The van der Waals surface area contributed by atoms with Crippen molar-refractivity contribution in [2.75, 3.05) is 38.4 Å². The lowest BCUT2D eigenvalue weighted by molar-refractivity contribution is -0.118. The molecule has 152 valence electrons. The quantitative estimate of drug-likeness (QED) is 0.513. The summed E-state index contributed by atoms with van der Waals surface area (Å²) in [4.78, 5) is 11.9. The maximum absolute atomic E-state index is 11.9. The van der Waals surface area contributed by atoms with Crippen molar-refractivity contribution in [2.45, 2.75) is 19.8 Å². The molecule has 2 aromatic rings. The SMILES string of the molecule is CCCOc1ccc(OCCSCC(=O)NCCc2ccc(OC)cc2)cc1. The van der Waals surface area contributed by atoms with Crippen molar-refractivity contribution in [3.63, 3.8) is 0 Å². The van der Waals surface area contributed by atoms with Gasteiger partial charge in [-0.05, 0) is 54.8 Å². The Labute approximate surface area is 171 Å². The number of thioether (sulfide) groups is 1. The normalized spacial score (nSPS) is 10.4. The summed E-state index contributed by atoms with van der Waals surface area (Å²) in [5.41, 5.74) is 1.17. The van der Waals surface area contributed by atoms with Crippen LogP contribution in [0.5, 0.6) is 17.2 Å². The van der Waals surface area contributed by atoms with Gasteiger partial charge in [0.1, 0.15) is 17.2 Å². The molecule has 0 aliphatic carbocycles. The fourth-order valence-electron chi connectivity index (χ4n) is 2.42. The topological polar surface area (TPSA) is 56.8 Å². The molecule has 0 atom stereocenters. The van der Waals surface area contributed by atoms with Gasteiger partial charge in [0, 0.05) is 12.3 Å². The standard InChI is InChI=1S/C22H29NO4S/c1-3-14-26-20-8-10-21(11-9-20)27-15-16-28-17-22(24)23-13-12-18-4-6-19(25-2)7-5-18/h4-11H,3,12-17H2,1-2H3,(H,23,24). The molecule has 0 saturated carbocycles. The molecule has 6 heteroatoms. The number of carbonyl (C=O) groups excluding carboxylic acids is 1. The van der Waals surface area contributed by atoms with Crippen molar-refractivity contribution in [2.24, 2.45) is 0 Å². The first-order chi connectivity index (χ1) is 13.7. The van der Waals surface area contributed by atoms with Gasteiger partial charge in [0.25, 0.3) is 0 Å². The molecule has 2 rings (SSSR count). The predicted octanol–water partition coefficient (Wildman–Crippen LogP) is 3.95. The highest BCUT2D eigenvalue weighted by atomic mass is 32.2. The summed E-state index contributed by atoms with van der Waals surface area (Å²) in [6.07, 6.45) is 1.80. The summed E-state index contributed by atoms with van der Waals surface area (Å²) in [6, 6.07) is 15.5. The van der Waals surface area contributed by atoms with Gasteiger partial charge in [-0.15, -0.1) is 11.8 Å². The third-order valence-corrected chi connectivity index (χ3v) is 4.84. The van der Waals surface area contributed by atoms with Crippen LogP contribution in [0.1, 0.15) is 18.9 Å². The fraction of sp³-hybridized carbons (Fsp3) is 0.409. The third kappa shape index (κ3) is 8.57. The monoisotopic (exact) mass is 403 g/mol. The van der Waals surface area contributed by atoms with Crippen LogP contribution in [-0.4, -0.2) is 44.3 Å². The van der Waals surface area contributed by atoms with Crippen LogP contribution in [-0.2, 0) is 11.2 Å². The van der Waals surface area contributed by atoms with E-state index in [4.69, 9.17) is 14.2 Å². The lowest BCUT2D eigenvalue weighted by Gasteiger charge is -2.08. The van der Waals surface area contributed by atoms with Crippen LogP contribution in [0.15, 0.2) is 48.5 Å². The van der Waals surface area contributed by atoms with Gasteiger partial charge < -0.3 is 19.5 Å². The van der Waals surface area contributed by atoms with E-state index in [1.807, 2.05) is 48.5 Å². The molecule has 0 spiro atoms. The van der Waals surface area contributed by atoms with Crippen LogP contribution >= 0.6 is 11.8 Å². The molecule has 0 aromatic heterocycles. The number of hydrogen-bond donors (Lipinski definition) is 1. The summed E-state index contributed by atoms with van der Waals surface area (Å²) >= 11 is 1.57. The predicted molar refractivity (Wildman–Crippen MR) is 115 cm³/mol. The number of amides is 1. The maximum atomic E-state index is 11.9. The molecule has 0 bridgehead atoms. The molecule has 0 radical (unpaired) electrons. The van der Waals surface area contributed by atoms with Crippen LogP contribution in [0.2, 0.25) is 0 Å². The molecule has 28 heavy (non-hydrogen) atoms. The van der Waals surface area contributed by atoms with E-state index in [2.05, 4.69) is 12.2 Å². The van der Waals surface area contributed by atoms with E-state index in [-0.39, 0.29) is 5.91 Å². The van der Waals surface area contributed by atoms with Crippen LogP contribution in [0.4, 0.5) is 0 Å². The summed E-state index contributed by atoms with van der Waals surface area (Å²) in [6.45, 7) is 4.00. The van der Waals surface area contributed by atoms with Crippen LogP contribution in [0.3, 0.4) is 0 Å². The molecule has 0 aliphatic rings. The van der Waals surface area contributed by atoms with Gasteiger partial charge in [-0.25, -0.2) is 0 Å². The molecule has 2 aromatic carbocycles. The largest absolute Gasteiger partial charge is 0.497 e. The lowest BCUT2D eigenvalue weighted by Crippen LogP contribution is -2.27. The van der Waals surface area contributed by atoms with E-state index < -0.39 is 0 Å². The highest BCUT2D eigenvalue weighted by molar-refractivity contribution is 7.99. The van der Waals surface area contributed by atoms with E-state index >= 15 is 0 Å². The molecule has 0 heterocycles. The van der Waals surface area contributed by atoms with Gasteiger partial charge in [-0.3, -0.25) is 4.79 Å². The second-order valence-electron chi connectivity index (χ2n) is 6.17. The third-order valence-electron chi connectivity index (χ3n) is 3.92. The van der Waals surface area contributed by atoms with Gasteiger partial charge in [0.15, 0.2) is 0 Å². The minimum atomic E-state index is 0.0518. The van der Waals surface area contributed by atoms with Crippen molar-refractivity contribution in [1.29, 1.82) is 0 Å². The van der Waals surface area contributed by atoms with Gasteiger partial charge in [0.05, 0.1) is 26.1 Å². The van der Waals surface area contributed by atoms with E-state index in [9.17, 15) is 4.79 Å². The number of carbonyl (C=O) groups is 1. The number of hydrogen-bond acceptors (Lipinski definition) is 5. The summed E-state index contributed by atoms with van der Waals surface area (Å²) in [5.74, 6) is 3.77. The van der Waals surface area contributed by atoms with E-state index in [0.29, 0.717) is 18.9 Å².